The number of rotatable bonds is 3. The molecule has 0 N–H and O–H groups in total. The van der Waals surface area contributed by atoms with Gasteiger partial charge in [0.05, 0.1) is 6.54 Å². The Morgan fingerprint density at radius 1 is 1.41 bits per heavy atom. The van der Waals surface area contributed by atoms with Crippen LogP contribution in [-0.2, 0) is 21.7 Å². The normalized spacial score (nSPS) is 21.3. The first-order valence-corrected chi connectivity index (χ1v) is 7.56. The summed E-state index contributed by atoms with van der Waals surface area (Å²) in [5.74, 6) is 0. The second-order valence-corrected chi connectivity index (χ2v) is 5.87. The van der Waals surface area contributed by atoms with Crippen LogP contribution in [0.15, 0.2) is 23.3 Å². The molecule has 0 radical (unpaired) electrons. The Bertz CT molecular complexity index is 829. The van der Waals surface area contributed by atoms with E-state index in [0.717, 1.165) is 0 Å². The second-order valence-electron chi connectivity index (χ2n) is 4.91. The van der Waals surface area contributed by atoms with Crippen molar-refractivity contribution >= 4 is 22.0 Å². The van der Waals surface area contributed by atoms with E-state index in [0.29, 0.717) is 16.2 Å². The minimum absolute atomic E-state index is 0.184. The first kappa shape index (κ1) is 14.7. The summed E-state index contributed by atoms with van der Waals surface area (Å²) in [6, 6.07) is -1.46. The quantitative estimate of drug-likeness (QED) is 0.497. The van der Waals surface area contributed by atoms with Crippen molar-refractivity contribution in [1.29, 1.82) is 0 Å². The molecule has 1 fully saturated rings. The molecule has 0 aromatic carbocycles. The van der Waals surface area contributed by atoms with E-state index in [4.69, 9.17) is 0 Å². The molecule has 1 saturated heterocycles. The maximum Gasteiger partial charge on any atom is 0.347 e. The number of urea groups is 1. The zero-order chi connectivity index (χ0) is 16.1. The third-order valence-electron chi connectivity index (χ3n) is 3.48. The number of carbonyl (C=O) groups excluding carboxylic acids is 1. The van der Waals surface area contributed by atoms with Gasteiger partial charge in [-0.25, -0.2) is 23.0 Å². The van der Waals surface area contributed by atoms with Crippen LogP contribution in [0, 0.1) is 0 Å². The number of amides is 2. The summed E-state index contributed by atoms with van der Waals surface area (Å²) in [5, 5.41) is 0.548. The summed E-state index contributed by atoms with van der Waals surface area (Å²) in [5.41, 5.74) is 0.659. The number of carbonyl (C=O) groups is 1. The molecule has 0 aliphatic carbocycles. The molecule has 2 aliphatic rings. The molecule has 1 unspecified atom stereocenters. The van der Waals surface area contributed by atoms with Crippen LogP contribution in [0.25, 0.3) is 5.57 Å². The van der Waals surface area contributed by atoms with Gasteiger partial charge in [0.2, 0.25) is 10.4 Å². The van der Waals surface area contributed by atoms with Gasteiger partial charge in [0.1, 0.15) is 6.04 Å². The van der Waals surface area contributed by atoms with Crippen molar-refractivity contribution in [3.05, 3.63) is 34.5 Å². The van der Waals surface area contributed by atoms with E-state index in [1.165, 1.54) is 28.9 Å². The molecule has 0 spiro atoms. The zero-order valence-corrected chi connectivity index (χ0v) is 12.2. The molecule has 2 aliphatic heterocycles. The Balaban J connectivity index is 1.99. The summed E-state index contributed by atoms with van der Waals surface area (Å²) in [6.07, 6.45) is 4.55. The van der Waals surface area contributed by atoms with Crippen LogP contribution in [0.4, 0.5) is 4.79 Å². The van der Waals surface area contributed by atoms with Crippen LogP contribution in [0.1, 0.15) is 5.56 Å². The number of aromatic nitrogens is 2. The van der Waals surface area contributed by atoms with Crippen molar-refractivity contribution in [3.8, 4) is 0 Å². The molecule has 0 saturated carbocycles. The molecule has 3 rings (SSSR count). The average molecular weight is 327 g/mol. The predicted octanol–water partition coefficient (Wildman–Crippen LogP) is -1.32. The number of fused-ring (bicyclic) bond motifs is 2. The third-order valence-corrected chi connectivity index (χ3v) is 3.82. The van der Waals surface area contributed by atoms with Gasteiger partial charge in [-0.15, -0.1) is 0 Å². The van der Waals surface area contributed by atoms with E-state index < -0.39 is 28.2 Å². The predicted molar refractivity (Wildman–Crippen MR) is 70.8 cm³/mol. The summed E-state index contributed by atoms with van der Waals surface area (Å²) in [4.78, 5) is 28.3. The molecule has 3 heterocycles. The molecule has 1 aromatic rings. The molecule has 11 heteroatoms. The van der Waals surface area contributed by atoms with Gasteiger partial charge in [0.15, 0.2) is 0 Å². The van der Waals surface area contributed by atoms with Gasteiger partial charge in [0, 0.05) is 31.5 Å². The molecule has 2 bridgehead atoms. The molecule has 2 amide bonds. The average Bonchev–Trinajstić information content (AvgIpc) is 2.66. The summed E-state index contributed by atoms with van der Waals surface area (Å²) < 4.78 is 37.9. The molecule has 118 valence electrons. The number of hydroxylamine groups is 2. The standard InChI is InChI=1S/C11H12N4O6S/c1-13-5-7(4-12-10(13)16)8-2-3-14-6-9(8)15(11(14)17)21-22(18,19)20/h2,4-5,9H,3,6H2,1H3,(H,18,19,20)/p-1. The summed E-state index contributed by atoms with van der Waals surface area (Å²) >= 11 is 0. The second kappa shape index (κ2) is 4.90. The van der Waals surface area contributed by atoms with Crippen molar-refractivity contribution in [2.24, 2.45) is 7.05 Å². The van der Waals surface area contributed by atoms with Crippen LogP contribution in [0.2, 0.25) is 0 Å². The fourth-order valence-corrected chi connectivity index (χ4v) is 2.87. The number of hydrogen-bond acceptors (Lipinski definition) is 7. The van der Waals surface area contributed by atoms with Gasteiger partial charge in [-0.1, -0.05) is 6.08 Å². The highest BCUT2D eigenvalue weighted by atomic mass is 32.3. The van der Waals surface area contributed by atoms with E-state index in [1.807, 2.05) is 0 Å². The van der Waals surface area contributed by atoms with Gasteiger partial charge in [-0.3, -0.25) is 0 Å². The topological polar surface area (TPSA) is 125 Å². The molecule has 10 nitrogen and oxygen atoms in total. The van der Waals surface area contributed by atoms with Gasteiger partial charge in [-0.05, 0) is 5.57 Å². The summed E-state index contributed by atoms with van der Waals surface area (Å²) in [7, 11) is -3.55. The van der Waals surface area contributed by atoms with E-state index >= 15 is 0 Å². The number of nitrogens with zero attached hydrogens (tertiary/aromatic N) is 4. The monoisotopic (exact) mass is 327 g/mol. The zero-order valence-electron chi connectivity index (χ0n) is 11.4. The highest BCUT2D eigenvalue weighted by Crippen LogP contribution is 2.32. The van der Waals surface area contributed by atoms with Crippen molar-refractivity contribution in [2.45, 2.75) is 6.04 Å². The largest absolute Gasteiger partial charge is 0.724 e. The smallest absolute Gasteiger partial charge is 0.347 e. The molecule has 22 heavy (non-hydrogen) atoms. The lowest BCUT2D eigenvalue weighted by atomic mass is 9.99. The van der Waals surface area contributed by atoms with Crippen molar-refractivity contribution in [2.75, 3.05) is 13.1 Å². The van der Waals surface area contributed by atoms with Crippen LogP contribution < -0.4 is 5.69 Å². The minimum Gasteiger partial charge on any atom is -0.724 e. The Morgan fingerprint density at radius 3 is 2.77 bits per heavy atom. The Kier molecular flexibility index (Phi) is 3.27. The lowest BCUT2D eigenvalue weighted by Crippen LogP contribution is -2.36. The third kappa shape index (κ3) is 2.49. The number of aryl methyl sites for hydroxylation is 1. The molecular formula is C11H11N4O6S-. The maximum atomic E-state index is 12.0. The SMILES string of the molecule is Cn1cc(C2=CCN3CC2N(OS(=O)(=O)[O-])C3=O)cnc1=O. The van der Waals surface area contributed by atoms with Crippen LogP contribution >= 0.6 is 0 Å². The maximum absolute atomic E-state index is 12.0. The van der Waals surface area contributed by atoms with Crippen LogP contribution in [0.3, 0.4) is 0 Å². The van der Waals surface area contributed by atoms with Gasteiger partial charge in [-0.2, -0.15) is 9.35 Å². The minimum atomic E-state index is -5.07. The Labute approximate surface area is 125 Å². The van der Waals surface area contributed by atoms with E-state index in [9.17, 15) is 22.6 Å². The van der Waals surface area contributed by atoms with E-state index in [2.05, 4.69) is 9.27 Å². The fraction of sp³-hybridized carbons (Fsp3) is 0.364. The summed E-state index contributed by atoms with van der Waals surface area (Å²) in [6.45, 7) is 0.426. The van der Waals surface area contributed by atoms with Crippen molar-refractivity contribution < 1.29 is 22.0 Å². The van der Waals surface area contributed by atoms with E-state index in [-0.39, 0.29) is 13.1 Å². The fourth-order valence-electron chi connectivity index (χ4n) is 2.51. The Morgan fingerprint density at radius 2 is 2.14 bits per heavy atom. The molecule has 1 atom stereocenters. The van der Waals surface area contributed by atoms with Gasteiger partial charge >= 0.3 is 11.7 Å². The van der Waals surface area contributed by atoms with Gasteiger partial charge in [0.25, 0.3) is 0 Å². The van der Waals surface area contributed by atoms with Crippen molar-refractivity contribution in [1.82, 2.24) is 19.5 Å². The van der Waals surface area contributed by atoms with Crippen molar-refractivity contribution in [3.63, 3.8) is 0 Å². The Hall–Kier alpha value is -2.24. The van der Waals surface area contributed by atoms with E-state index in [1.54, 1.807) is 6.08 Å². The lowest BCUT2D eigenvalue weighted by molar-refractivity contribution is -0.0171. The number of hydrogen-bond donors (Lipinski definition) is 0. The van der Waals surface area contributed by atoms with Crippen LogP contribution in [-0.4, -0.2) is 57.6 Å². The van der Waals surface area contributed by atoms with Gasteiger partial charge < -0.3 is 14.0 Å². The highest BCUT2D eigenvalue weighted by Gasteiger charge is 2.44. The highest BCUT2D eigenvalue weighted by molar-refractivity contribution is 7.80. The molecular weight excluding hydrogens is 316 g/mol. The first-order valence-electron chi connectivity index (χ1n) is 6.23. The molecule has 1 aromatic heterocycles. The lowest BCUT2D eigenvalue weighted by Gasteiger charge is -2.25. The first-order chi connectivity index (χ1) is 10.3. The van der Waals surface area contributed by atoms with Crippen LogP contribution in [0.5, 0.6) is 0 Å².